The first-order valence-electron chi connectivity index (χ1n) is 7.63. The SMILES string of the molecule is CCOC(=O)N1CCN(CC(CN)c2ccccc2)CC1. The quantitative estimate of drug-likeness (QED) is 0.893. The molecular formula is C16H25N3O2. The monoisotopic (exact) mass is 291 g/mol. The highest BCUT2D eigenvalue weighted by Gasteiger charge is 2.23. The number of ether oxygens (including phenoxy) is 1. The Bertz CT molecular complexity index is 430. The Hall–Kier alpha value is -1.59. The van der Waals surface area contributed by atoms with E-state index in [-0.39, 0.29) is 6.09 Å². The van der Waals surface area contributed by atoms with Crippen LogP contribution in [0.3, 0.4) is 0 Å². The Morgan fingerprint density at radius 3 is 2.48 bits per heavy atom. The van der Waals surface area contributed by atoms with Crippen molar-refractivity contribution in [2.24, 2.45) is 5.73 Å². The van der Waals surface area contributed by atoms with Gasteiger partial charge in [-0.25, -0.2) is 4.79 Å². The van der Waals surface area contributed by atoms with E-state index in [1.54, 1.807) is 4.90 Å². The van der Waals surface area contributed by atoms with Crippen molar-refractivity contribution in [3.8, 4) is 0 Å². The van der Waals surface area contributed by atoms with Gasteiger partial charge in [-0.15, -0.1) is 0 Å². The molecule has 0 aromatic heterocycles. The van der Waals surface area contributed by atoms with Gasteiger partial charge in [-0.2, -0.15) is 0 Å². The second kappa shape index (κ2) is 8.00. The average Bonchev–Trinajstić information content (AvgIpc) is 2.54. The molecule has 2 N–H and O–H groups in total. The molecular weight excluding hydrogens is 266 g/mol. The molecule has 1 saturated heterocycles. The fourth-order valence-electron chi connectivity index (χ4n) is 2.68. The summed E-state index contributed by atoms with van der Waals surface area (Å²) in [7, 11) is 0. The van der Waals surface area contributed by atoms with Crippen LogP contribution in [-0.4, -0.2) is 61.8 Å². The minimum Gasteiger partial charge on any atom is -0.450 e. The van der Waals surface area contributed by atoms with Crippen molar-refractivity contribution >= 4 is 6.09 Å². The van der Waals surface area contributed by atoms with Crippen molar-refractivity contribution in [3.63, 3.8) is 0 Å². The van der Waals surface area contributed by atoms with Crippen LogP contribution in [0.1, 0.15) is 18.4 Å². The van der Waals surface area contributed by atoms with Gasteiger partial charge < -0.3 is 15.4 Å². The largest absolute Gasteiger partial charge is 0.450 e. The molecule has 21 heavy (non-hydrogen) atoms. The average molecular weight is 291 g/mol. The highest BCUT2D eigenvalue weighted by atomic mass is 16.6. The van der Waals surface area contributed by atoms with Crippen molar-refractivity contribution in [3.05, 3.63) is 35.9 Å². The van der Waals surface area contributed by atoms with E-state index >= 15 is 0 Å². The topological polar surface area (TPSA) is 58.8 Å². The van der Waals surface area contributed by atoms with Gasteiger partial charge in [-0.1, -0.05) is 30.3 Å². The summed E-state index contributed by atoms with van der Waals surface area (Å²) in [4.78, 5) is 15.8. The van der Waals surface area contributed by atoms with E-state index in [1.807, 2.05) is 13.0 Å². The molecule has 1 atom stereocenters. The van der Waals surface area contributed by atoms with Crippen molar-refractivity contribution in [1.82, 2.24) is 9.80 Å². The van der Waals surface area contributed by atoms with Crippen molar-refractivity contribution in [2.45, 2.75) is 12.8 Å². The smallest absolute Gasteiger partial charge is 0.409 e. The Balaban J connectivity index is 1.83. The normalized spacial score (nSPS) is 17.5. The summed E-state index contributed by atoms with van der Waals surface area (Å²) in [6, 6.07) is 10.4. The minimum atomic E-state index is -0.199. The number of nitrogens with zero attached hydrogens (tertiary/aromatic N) is 2. The van der Waals surface area contributed by atoms with Gasteiger partial charge in [0, 0.05) is 45.2 Å². The first kappa shape index (κ1) is 15.8. The molecule has 0 aliphatic carbocycles. The molecule has 1 aromatic rings. The molecule has 0 spiro atoms. The maximum absolute atomic E-state index is 11.7. The third-order valence-electron chi connectivity index (χ3n) is 3.93. The van der Waals surface area contributed by atoms with Gasteiger partial charge in [0.1, 0.15) is 0 Å². The molecule has 2 rings (SSSR count). The van der Waals surface area contributed by atoms with Crippen LogP contribution in [0, 0.1) is 0 Å². The lowest BCUT2D eigenvalue weighted by Crippen LogP contribution is -2.50. The number of hydrogen-bond acceptors (Lipinski definition) is 4. The number of piperazine rings is 1. The van der Waals surface area contributed by atoms with E-state index in [0.29, 0.717) is 19.1 Å². The maximum atomic E-state index is 11.7. The molecule has 1 aliphatic heterocycles. The first-order chi connectivity index (χ1) is 10.2. The predicted octanol–water partition coefficient (Wildman–Crippen LogP) is 1.50. The van der Waals surface area contributed by atoms with Gasteiger partial charge in [0.15, 0.2) is 0 Å². The molecule has 1 amide bonds. The van der Waals surface area contributed by atoms with Crippen LogP contribution in [0.15, 0.2) is 30.3 Å². The first-order valence-corrected chi connectivity index (χ1v) is 7.63. The molecule has 1 aliphatic rings. The Labute approximate surface area is 126 Å². The summed E-state index contributed by atoms with van der Waals surface area (Å²) in [5.41, 5.74) is 7.21. The summed E-state index contributed by atoms with van der Waals surface area (Å²) >= 11 is 0. The summed E-state index contributed by atoms with van der Waals surface area (Å²) < 4.78 is 5.04. The standard InChI is InChI=1S/C16H25N3O2/c1-2-21-16(20)19-10-8-18(9-11-19)13-15(12-17)14-6-4-3-5-7-14/h3-7,15H,2,8-13,17H2,1H3. The van der Waals surface area contributed by atoms with Crippen LogP contribution in [0.2, 0.25) is 0 Å². The van der Waals surface area contributed by atoms with Gasteiger partial charge in [0.25, 0.3) is 0 Å². The van der Waals surface area contributed by atoms with Crippen molar-refractivity contribution in [2.75, 3.05) is 45.9 Å². The van der Waals surface area contributed by atoms with Crippen LogP contribution >= 0.6 is 0 Å². The fourth-order valence-corrected chi connectivity index (χ4v) is 2.68. The van der Waals surface area contributed by atoms with Gasteiger partial charge in [0.05, 0.1) is 6.61 Å². The lowest BCUT2D eigenvalue weighted by Gasteiger charge is -2.35. The molecule has 1 unspecified atom stereocenters. The number of nitrogens with two attached hydrogens (primary N) is 1. The number of amides is 1. The third-order valence-corrected chi connectivity index (χ3v) is 3.93. The molecule has 116 valence electrons. The lowest BCUT2D eigenvalue weighted by molar-refractivity contribution is 0.0782. The summed E-state index contributed by atoms with van der Waals surface area (Å²) in [6.07, 6.45) is -0.199. The highest BCUT2D eigenvalue weighted by molar-refractivity contribution is 5.67. The minimum absolute atomic E-state index is 0.199. The predicted molar refractivity (Wildman–Crippen MR) is 83.3 cm³/mol. The molecule has 1 heterocycles. The zero-order valence-corrected chi connectivity index (χ0v) is 12.7. The summed E-state index contributed by atoms with van der Waals surface area (Å²) in [6.45, 7) is 7.06. The van der Waals surface area contributed by atoms with E-state index < -0.39 is 0 Å². The molecule has 0 radical (unpaired) electrons. The Morgan fingerprint density at radius 2 is 1.90 bits per heavy atom. The van der Waals surface area contributed by atoms with Crippen LogP contribution in [-0.2, 0) is 4.74 Å². The van der Waals surface area contributed by atoms with E-state index in [4.69, 9.17) is 10.5 Å². The van der Waals surface area contributed by atoms with Crippen molar-refractivity contribution in [1.29, 1.82) is 0 Å². The van der Waals surface area contributed by atoms with Gasteiger partial charge in [-0.3, -0.25) is 4.90 Å². The molecule has 1 aromatic carbocycles. The number of carbonyl (C=O) groups is 1. The lowest BCUT2D eigenvalue weighted by atomic mass is 9.98. The summed E-state index contributed by atoms with van der Waals surface area (Å²) in [5, 5.41) is 0. The zero-order valence-electron chi connectivity index (χ0n) is 12.7. The van der Waals surface area contributed by atoms with Crippen LogP contribution < -0.4 is 5.73 Å². The van der Waals surface area contributed by atoms with Gasteiger partial charge in [-0.05, 0) is 12.5 Å². The maximum Gasteiger partial charge on any atom is 0.409 e. The van der Waals surface area contributed by atoms with Crippen LogP contribution in [0.4, 0.5) is 4.79 Å². The Kier molecular flexibility index (Phi) is 6.02. The van der Waals surface area contributed by atoms with E-state index in [0.717, 1.165) is 32.7 Å². The second-order valence-corrected chi connectivity index (χ2v) is 5.33. The third kappa shape index (κ3) is 4.44. The number of hydrogen-bond donors (Lipinski definition) is 1. The fraction of sp³-hybridized carbons (Fsp3) is 0.562. The van der Waals surface area contributed by atoms with Crippen LogP contribution in [0.5, 0.6) is 0 Å². The van der Waals surface area contributed by atoms with Gasteiger partial charge in [0.2, 0.25) is 0 Å². The second-order valence-electron chi connectivity index (χ2n) is 5.33. The number of rotatable bonds is 5. The molecule has 0 saturated carbocycles. The Morgan fingerprint density at radius 1 is 1.24 bits per heavy atom. The van der Waals surface area contributed by atoms with Crippen molar-refractivity contribution < 1.29 is 9.53 Å². The summed E-state index contributed by atoms with van der Waals surface area (Å²) in [5.74, 6) is 0.348. The highest BCUT2D eigenvalue weighted by Crippen LogP contribution is 2.17. The molecule has 1 fully saturated rings. The van der Waals surface area contributed by atoms with E-state index in [9.17, 15) is 4.79 Å². The van der Waals surface area contributed by atoms with Gasteiger partial charge >= 0.3 is 6.09 Å². The zero-order chi connectivity index (χ0) is 15.1. The molecule has 0 bridgehead atoms. The number of carbonyl (C=O) groups excluding carboxylic acids is 1. The van der Waals surface area contributed by atoms with E-state index in [2.05, 4.69) is 29.2 Å². The van der Waals surface area contributed by atoms with Crippen LogP contribution in [0.25, 0.3) is 0 Å². The molecule has 5 heteroatoms. The molecule has 5 nitrogen and oxygen atoms in total. The number of benzene rings is 1. The van der Waals surface area contributed by atoms with E-state index in [1.165, 1.54) is 5.56 Å².